The second-order valence-electron chi connectivity index (χ2n) is 2.10. The quantitative estimate of drug-likeness (QED) is 0.398. The van der Waals surface area contributed by atoms with E-state index in [4.69, 9.17) is 0 Å². The highest BCUT2D eigenvalue weighted by molar-refractivity contribution is 5.00. The Kier molecular flexibility index (Phi) is 7.05. The molecule has 0 amide bonds. The highest BCUT2D eigenvalue weighted by Crippen LogP contribution is 1.94. The van der Waals surface area contributed by atoms with E-state index >= 15 is 0 Å². The third-order valence-corrected chi connectivity index (χ3v) is 1.16. The lowest BCUT2D eigenvalue weighted by Crippen LogP contribution is -1.64. The van der Waals surface area contributed by atoms with Crippen molar-refractivity contribution in [2.75, 3.05) is 0 Å². The maximum absolute atomic E-state index is 2.21. The van der Waals surface area contributed by atoms with Gasteiger partial charge in [-0.15, -0.1) is 0 Å². The van der Waals surface area contributed by atoms with Gasteiger partial charge >= 0.3 is 0 Å². The molecule has 0 aliphatic heterocycles. The molecule has 0 aliphatic carbocycles. The summed E-state index contributed by atoms with van der Waals surface area (Å²) < 4.78 is 0. The van der Waals surface area contributed by atoms with Crippen LogP contribution in [0.5, 0.6) is 0 Å². The standard InChI is InChI=1S/C9H16/c1-3-5-7-9-8-6-4-2/h3,5,7,9H,4,6,8H2,1-2H3/b5-3-,9-7+. The summed E-state index contributed by atoms with van der Waals surface area (Å²) in [5, 5.41) is 0. The Hall–Kier alpha value is -0.520. The molecule has 9 heavy (non-hydrogen) atoms. The van der Waals surface area contributed by atoms with Crippen molar-refractivity contribution in [3.8, 4) is 0 Å². The van der Waals surface area contributed by atoms with Gasteiger partial charge in [-0.25, -0.2) is 0 Å². The van der Waals surface area contributed by atoms with Crippen molar-refractivity contribution in [1.29, 1.82) is 0 Å². The minimum absolute atomic E-state index is 1.22. The molecule has 0 bridgehead atoms. The minimum Gasteiger partial charge on any atom is -0.0877 e. The predicted octanol–water partition coefficient (Wildman–Crippen LogP) is 3.31. The largest absolute Gasteiger partial charge is 0.0877 e. The first-order valence-electron chi connectivity index (χ1n) is 3.69. The highest BCUT2D eigenvalue weighted by Gasteiger charge is 1.74. The minimum atomic E-state index is 1.22. The summed E-state index contributed by atoms with van der Waals surface area (Å²) in [5.74, 6) is 0. The molecule has 0 aromatic heterocycles. The fourth-order valence-corrected chi connectivity index (χ4v) is 0.608. The van der Waals surface area contributed by atoms with Crippen molar-refractivity contribution in [2.45, 2.75) is 33.1 Å². The average Bonchev–Trinajstić information content (AvgIpc) is 1.89. The second kappa shape index (κ2) is 7.48. The molecular weight excluding hydrogens is 108 g/mol. The molecule has 0 saturated carbocycles. The molecule has 0 unspecified atom stereocenters. The molecule has 52 valence electrons. The Morgan fingerprint density at radius 1 is 1.22 bits per heavy atom. The zero-order chi connectivity index (χ0) is 6.95. The number of unbranched alkanes of at least 4 members (excludes halogenated alkanes) is 2. The summed E-state index contributed by atoms with van der Waals surface area (Å²) in [4.78, 5) is 0. The van der Waals surface area contributed by atoms with Crippen LogP contribution in [0.2, 0.25) is 0 Å². The summed E-state index contributed by atoms with van der Waals surface area (Å²) in [5.41, 5.74) is 0. The predicted molar refractivity (Wildman–Crippen MR) is 43.5 cm³/mol. The first-order chi connectivity index (χ1) is 4.41. The van der Waals surface area contributed by atoms with Crippen LogP contribution in [0.3, 0.4) is 0 Å². The van der Waals surface area contributed by atoms with Gasteiger partial charge in [0.05, 0.1) is 0 Å². The lowest BCUT2D eigenvalue weighted by Gasteiger charge is -1.84. The molecule has 0 aliphatic rings. The van der Waals surface area contributed by atoms with Crippen LogP contribution >= 0.6 is 0 Å². The van der Waals surface area contributed by atoms with Gasteiger partial charge in [0.2, 0.25) is 0 Å². The van der Waals surface area contributed by atoms with Gasteiger partial charge in [-0.05, 0) is 13.3 Å². The molecule has 0 N–H and O–H groups in total. The Morgan fingerprint density at radius 2 is 2.00 bits per heavy atom. The first-order valence-corrected chi connectivity index (χ1v) is 3.69. The van der Waals surface area contributed by atoms with Crippen molar-refractivity contribution >= 4 is 0 Å². The SMILES string of the molecule is C/C=C\C=C\CCCC. The van der Waals surface area contributed by atoms with Gasteiger partial charge < -0.3 is 0 Å². The van der Waals surface area contributed by atoms with Crippen molar-refractivity contribution in [3.63, 3.8) is 0 Å². The maximum Gasteiger partial charge on any atom is -0.0348 e. The number of hydrogen-bond acceptors (Lipinski definition) is 0. The lowest BCUT2D eigenvalue weighted by molar-refractivity contribution is 0.815. The van der Waals surface area contributed by atoms with Gasteiger partial charge in [0.1, 0.15) is 0 Å². The van der Waals surface area contributed by atoms with Crippen LogP contribution in [0.25, 0.3) is 0 Å². The smallest absolute Gasteiger partial charge is 0.0348 e. The van der Waals surface area contributed by atoms with Crippen LogP contribution < -0.4 is 0 Å². The first kappa shape index (κ1) is 8.48. The molecule has 0 heterocycles. The van der Waals surface area contributed by atoms with Crippen LogP contribution in [0.15, 0.2) is 24.3 Å². The van der Waals surface area contributed by atoms with Crippen molar-refractivity contribution in [2.24, 2.45) is 0 Å². The van der Waals surface area contributed by atoms with E-state index in [0.717, 1.165) is 0 Å². The van der Waals surface area contributed by atoms with Gasteiger partial charge in [-0.1, -0.05) is 44.1 Å². The molecule has 0 saturated heterocycles. The van der Waals surface area contributed by atoms with Crippen LogP contribution in [0.4, 0.5) is 0 Å². The average molecular weight is 124 g/mol. The zero-order valence-corrected chi connectivity index (χ0v) is 6.43. The van der Waals surface area contributed by atoms with Crippen molar-refractivity contribution < 1.29 is 0 Å². The fourth-order valence-electron chi connectivity index (χ4n) is 0.608. The van der Waals surface area contributed by atoms with Crippen molar-refractivity contribution in [3.05, 3.63) is 24.3 Å². The maximum atomic E-state index is 2.21. The Bertz CT molecular complexity index is 88.2. The van der Waals surface area contributed by atoms with Crippen LogP contribution in [-0.4, -0.2) is 0 Å². The molecule has 0 nitrogen and oxygen atoms in total. The molecular formula is C9H16. The Labute approximate surface area is 58.3 Å². The summed E-state index contributed by atoms with van der Waals surface area (Å²) >= 11 is 0. The summed E-state index contributed by atoms with van der Waals surface area (Å²) in [6.45, 7) is 4.24. The summed E-state index contributed by atoms with van der Waals surface area (Å²) in [7, 11) is 0. The van der Waals surface area contributed by atoms with E-state index in [2.05, 4.69) is 25.2 Å². The van der Waals surface area contributed by atoms with Gasteiger partial charge in [-0.2, -0.15) is 0 Å². The van der Waals surface area contributed by atoms with Crippen LogP contribution in [0.1, 0.15) is 33.1 Å². The molecule has 0 radical (unpaired) electrons. The van der Waals surface area contributed by atoms with Gasteiger partial charge in [0, 0.05) is 0 Å². The fraction of sp³-hybridized carbons (Fsp3) is 0.556. The van der Waals surface area contributed by atoms with E-state index in [-0.39, 0.29) is 0 Å². The zero-order valence-electron chi connectivity index (χ0n) is 6.43. The van der Waals surface area contributed by atoms with Gasteiger partial charge in [0.25, 0.3) is 0 Å². The Balaban J connectivity index is 3.04. The van der Waals surface area contributed by atoms with E-state index < -0.39 is 0 Å². The van der Waals surface area contributed by atoms with Crippen molar-refractivity contribution in [1.82, 2.24) is 0 Å². The molecule has 0 atom stereocenters. The third-order valence-electron chi connectivity index (χ3n) is 1.16. The second-order valence-corrected chi connectivity index (χ2v) is 2.10. The third kappa shape index (κ3) is 7.48. The molecule has 0 rings (SSSR count). The molecule has 0 fully saturated rings. The highest BCUT2D eigenvalue weighted by atomic mass is 13.8. The van der Waals surface area contributed by atoms with Crippen LogP contribution in [-0.2, 0) is 0 Å². The monoisotopic (exact) mass is 124 g/mol. The summed E-state index contributed by atoms with van der Waals surface area (Å²) in [6, 6.07) is 0. The molecule has 0 aromatic carbocycles. The van der Waals surface area contributed by atoms with E-state index in [1.165, 1.54) is 19.3 Å². The lowest BCUT2D eigenvalue weighted by atomic mass is 10.2. The number of hydrogen-bond donors (Lipinski definition) is 0. The Morgan fingerprint density at radius 3 is 2.56 bits per heavy atom. The van der Waals surface area contributed by atoms with E-state index in [1.54, 1.807) is 0 Å². The molecule has 0 spiro atoms. The molecule has 0 heteroatoms. The van der Waals surface area contributed by atoms with E-state index in [1.807, 2.05) is 13.0 Å². The van der Waals surface area contributed by atoms with E-state index in [0.29, 0.717) is 0 Å². The topological polar surface area (TPSA) is 0 Å². The number of allylic oxidation sites excluding steroid dienone is 4. The van der Waals surface area contributed by atoms with Gasteiger partial charge in [0.15, 0.2) is 0 Å². The normalized spacial score (nSPS) is 11.8. The van der Waals surface area contributed by atoms with Crippen LogP contribution in [0, 0.1) is 0 Å². The van der Waals surface area contributed by atoms with Gasteiger partial charge in [-0.3, -0.25) is 0 Å². The summed E-state index contributed by atoms with van der Waals surface area (Å²) in [6.07, 6.45) is 12.3. The molecule has 0 aromatic rings. The number of rotatable bonds is 4. The van der Waals surface area contributed by atoms with E-state index in [9.17, 15) is 0 Å².